The molecule has 0 saturated carbocycles. The van der Waals surface area contributed by atoms with E-state index < -0.39 is 8.80 Å². The van der Waals surface area contributed by atoms with E-state index in [-0.39, 0.29) is 0 Å². The van der Waals surface area contributed by atoms with Gasteiger partial charge in [0.1, 0.15) is 8.80 Å². The molecule has 0 atom stereocenters. The second-order valence-electron chi connectivity index (χ2n) is 5.98. The molecule has 0 unspecified atom stereocenters. The summed E-state index contributed by atoms with van der Waals surface area (Å²) in [6.07, 6.45) is 5.20. The van der Waals surface area contributed by atoms with Crippen molar-refractivity contribution in [2.75, 3.05) is 0 Å². The van der Waals surface area contributed by atoms with Crippen LogP contribution in [0, 0.1) is 0 Å². The number of rotatable bonds is 9. The smallest absolute Gasteiger partial charge is 0.0990 e. The second-order valence-corrected chi connectivity index (χ2v) is 8.64. The molecule has 2 rings (SSSR count). The van der Waals surface area contributed by atoms with E-state index in [2.05, 4.69) is 80.7 Å². The van der Waals surface area contributed by atoms with Crippen molar-refractivity contribution in [3.05, 3.63) is 84.9 Å². The van der Waals surface area contributed by atoms with E-state index in [9.17, 15) is 0 Å². The van der Waals surface area contributed by atoms with E-state index in [4.69, 9.17) is 0 Å². The van der Waals surface area contributed by atoms with Crippen molar-refractivity contribution >= 4 is 19.2 Å². The highest BCUT2D eigenvalue weighted by Gasteiger charge is 2.20. The lowest BCUT2D eigenvalue weighted by Gasteiger charge is -2.21. The Hall–Kier alpha value is -1.86. The van der Waals surface area contributed by atoms with Gasteiger partial charge in [-0.25, -0.2) is 0 Å². The topological polar surface area (TPSA) is 0 Å². The molecule has 0 aliphatic carbocycles. The summed E-state index contributed by atoms with van der Waals surface area (Å²) in [6, 6.07) is 22.5. The quantitative estimate of drug-likeness (QED) is 0.362. The Balaban J connectivity index is 2.17. The molecule has 1 radical (unpaired) electrons. The molecule has 2 aromatic carbocycles. The summed E-state index contributed by atoms with van der Waals surface area (Å²) >= 11 is 0. The maximum Gasteiger partial charge on any atom is 0.121 e. The zero-order chi connectivity index (χ0) is 16.5. The summed E-state index contributed by atoms with van der Waals surface area (Å²) < 4.78 is 0. The average molecular weight is 320 g/mol. The van der Waals surface area contributed by atoms with Gasteiger partial charge in [-0.2, -0.15) is 0 Å². The average Bonchev–Trinajstić information content (AvgIpc) is 2.62. The molecule has 0 heterocycles. The van der Waals surface area contributed by atoms with Gasteiger partial charge in [-0.3, -0.25) is 0 Å². The van der Waals surface area contributed by atoms with Gasteiger partial charge in [0, 0.05) is 0 Å². The Morgan fingerprint density at radius 1 is 0.739 bits per heavy atom. The minimum atomic E-state index is -0.874. The van der Waals surface area contributed by atoms with Crippen LogP contribution in [0.4, 0.5) is 0 Å². The van der Waals surface area contributed by atoms with E-state index in [1.807, 2.05) is 0 Å². The van der Waals surface area contributed by atoms with Crippen molar-refractivity contribution < 1.29 is 0 Å². The fraction of sp³-hybridized carbons (Fsp3) is 0.273. The van der Waals surface area contributed by atoms with Crippen molar-refractivity contribution in [2.24, 2.45) is 0 Å². The first-order chi connectivity index (χ1) is 11.2. The molecule has 0 fully saturated rings. The summed E-state index contributed by atoms with van der Waals surface area (Å²) in [5.74, 6) is 0. The minimum Gasteiger partial charge on any atom is -0.0990 e. The summed E-state index contributed by atoms with van der Waals surface area (Å²) in [7, 11) is -0.874. The van der Waals surface area contributed by atoms with Crippen molar-refractivity contribution in [2.45, 2.75) is 38.7 Å². The molecule has 0 amide bonds. The van der Waals surface area contributed by atoms with Crippen LogP contribution in [0.3, 0.4) is 0 Å². The predicted octanol–water partition coefficient (Wildman–Crippen LogP) is 6.57. The molecular formula is C22H27Si. The number of benzene rings is 2. The fourth-order valence-electron chi connectivity index (χ4n) is 2.84. The molecule has 119 valence electrons. The standard InChI is InChI=1S/C22H27Si/c1-4-5-6-13-18-23(19(2)21-14-9-7-10-15-21)20(3)22-16-11-8-12-17-22/h7-12,14-17H,2-6,13,18H2,1H3. The first kappa shape index (κ1) is 17.5. The molecule has 0 bridgehead atoms. The predicted molar refractivity (Wildman–Crippen MR) is 106 cm³/mol. The summed E-state index contributed by atoms with van der Waals surface area (Å²) in [4.78, 5) is 0. The summed E-state index contributed by atoms with van der Waals surface area (Å²) in [5, 5.41) is 2.59. The number of unbranched alkanes of at least 4 members (excludes halogenated alkanes) is 3. The monoisotopic (exact) mass is 319 g/mol. The van der Waals surface area contributed by atoms with Crippen LogP contribution in [-0.2, 0) is 0 Å². The zero-order valence-electron chi connectivity index (χ0n) is 14.2. The third kappa shape index (κ3) is 5.07. The highest BCUT2D eigenvalue weighted by atomic mass is 28.3. The molecular weight excluding hydrogens is 292 g/mol. The van der Waals surface area contributed by atoms with Crippen molar-refractivity contribution in [1.82, 2.24) is 0 Å². The van der Waals surface area contributed by atoms with Crippen molar-refractivity contribution in [1.29, 1.82) is 0 Å². The summed E-state index contributed by atoms with van der Waals surface area (Å²) in [6.45, 7) is 11.2. The SMILES string of the molecule is C=C(c1ccccc1)[Si](CCCCCC)C(=C)c1ccccc1. The van der Waals surface area contributed by atoms with Gasteiger partial charge in [0.15, 0.2) is 0 Å². The van der Waals surface area contributed by atoms with Gasteiger partial charge in [0.05, 0.1) is 0 Å². The molecule has 0 aliphatic rings. The van der Waals surface area contributed by atoms with Crippen LogP contribution < -0.4 is 0 Å². The third-order valence-electron chi connectivity index (χ3n) is 4.25. The van der Waals surface area contributed by atoms with Gasteiger partial charge in [-0.05, 0) is 11.1 Å². The van der Waals surface area contributed by atoms with E-state index in [0.717, 1.165) is 0 Å². The van der Waals surface area contributed by atoms with Crippen LogP contribution in [0.1, 0.15) is 43.7 Å². The Bertz CT molecular complexity index is 561. The van der Waals surface area contributed by atoms with E-state index in [1.165, 1.54) is 53.2 Å². The molecule has 23 heavy (non-hydrogen) atoms. The second kappa shape index (κ2) is 9.31. The van der Waals surface area contributed by atoms with Crippen molar-refractivity contribution in [3.63, 3.8) is 0 Å². The van der Waals surface area contributed by atoms with E-state index in [0.29, 0.717) is 0 Å². The number of hydrogen-bond acceptors (Lipinski definition) is 0. The van der Waals surface area contributed by atoms with Crippen LogP contribution >= 0.6 is 0 Å². The molecule has 0 N–H and O–H groups in total. The van der Waals surface area contributed by atoms with Crippen LogP contribution in [0.15, 0.2) is 73.8 Å². The zero-order valence-corrected chi connectivity index (χ0v) is 15.2. The largest absolute Gasteiger partial charge is 0.121 e. The molecule has 0 nitrogen and oxygen atoms in total. The maximum atomic E-state index is 4.46. The highest BCUT2D eigenvalue weighted by molar-refractivity contribution is 6.94. The van der Waals surface area contributed by atoms with Gasteiger partial charge in [0.25, 0.3) is 0 Å². The molecule has 0 spiro atoms. The fourth-order valence-corrected chi connectivity index (χ4v) is 5.44. The Morgan fingerprint density at radius 3 is 1.65 bits per heavy atom. The molecule has 0 aromatic heterocycles. The van der Waals surface area contributed by atoms with E-state index >= 15 is 0 Å². The van der Waals surface area contributed by atoms with Gasteiger partial charge in [0.2, 0.25) is 0 Å². The number of hydrogen-bond donors (Lipinski definition) is 0. The van der Waals surface area contributed by atoms with Crippen LogP contribution in [0.2, 0.25) is 6.04 Å². The third-order valence-corrected chi connectivity index (χ3v) is 7.14. The maximum absolute atomic E-state index is 4.46. The Labute approximate surface area is 143 Å². The lowest BCUT2D eigenvalue weighted by molar-refractivity contribution is 0.700. The van der Waals surface area contributed by atoms with Crippen LogP contribution in [-0.4, -0.2) is 8.80 Å². The molecule has 0 saturated heterocycles. The van der Waals surface area contributed by atoms with Gasteiger partial charge < -0.3 is 0 Å². The van der Waals surface area contributed by atoms with Gasteiger partial charge in [-0.1, -0.05) is 123 Å². The lowest BCUT2D eigenvalue weighted by Crippen LogP contribution is -2.17. The van der Waals surface area contributed by atoms with Gasteiger partial charge >= 0.3 is 0 Å². The van der Waals surface area contributed by atoms with Gasteiger partial charge in [-0.15, -0.1) is 0 Å². The normalized spacial score (nSPS) is 10.7. The first-order valence-electron chi connectivity index (χ1n) is 8.59. The first-order valence-corrected chi connectivity index (χ1v) is 10.3. The van der Waals surface area contributed by atoms with E-state index in [1.54, 1.807) is 0 Å². The van der Waals surface area contributed by atoms with Crippen molar-refractivity contribution in [3.8, 4) is 0 Å². The molecule has 1 heteroatoms. The van der Waals surface area contributed by atoms with Crippen LogP contribution in [0.25, 0.3) is 10.4 Å². The highest BCUT2D eigenvalue weighted by Crippen LogP contribution is 2.29. The minimum absolute atomic E-state index is 0.874. The summed E-state index contributed by atoms with van der Waals surface area (Å²) in [5.41, 5.74) is 2.54. The molecule has 0 aliphatic heterocycles. The molecule has 2 aromatic rings. The Kier molecular flexibility index (Phi) is 7.08. The lowest BCUT2D eigenvalue weighted by atomic mass is 10.2. The Morgan fingerprint density at radius 2 is 1.22 bits per heavy atom. The van der Waals surface area contributed by atoms with Crippen LogP contribution in [0.5, 0.6) is 0 Å².